The van der Waals surface area contributed by atoms with E-state index in [0.29, 0.717) is 30.6 Å². The van der Waals surface area contributed by atoms with E-state index in [1.54, 1.807) is 0 Å². The van der Waals surface area contributed by atoms with E-state index >= 15 is 0 Å². The molecule has 0 unspecified atom stereocenters. The number of hydrogen-bond donors (Lipinski definition) is 0. The first-order valence-corrected chi connectivity index (χ1v) is 17.9. The minimum atomic E-state index is -0.423. The molecule has 0 fully saturated rings. The number of anilines is 1. The van der Waals surface area contributed by atoms with E-state index in [0.717, 1.165) is 82.8 Å². The Balaban J connectivity index is 1.15. The van der Waals surface area contributed by atoms with E-state index in [1.807, 2.05) is 61.5 Å². The molecule has 0 amide bonds. The third-order valence-corrected chi connectivity index (χ3v) is 9.14. The second kappa shape index (κ2) is 20.7. The molecule has 0 aliphatic carbocycles. The highest BCUT2D eigenvalue weighted by Gasteiger charge is 2.09. The predicted molar refractivity (Wildman–Crippen MR) is 197 cm³/mol. The molecule has 0 radical (unpaired) electrons. The summed E-state index contributed by atoms with van der Waals surface area (Å²) in [6, 6.07) is 17.3. The van der Waals surface area contributed by atoms with Gasteiger partial charge in [-0.3, -0.25) is 4.79 Å². The number of thiophene rings is 1. The van der Waals surface area contributed by atoms with E-state index in [1.165, 1.54) is 28.7 Å². The Morgan fingerprint density at radius 2 is 1.49 bits per heavy atom. The van der Waals surface area contributed by atoms with Gasteiger partial charge in [-0.25, -0.2) is 9.78 Å². The van der Waals surface area contributed by atoms with Crippen LogP contribution in [0.5, 0.6) is 5.75 Å². The molecule has 0 spiro atoms. The number of aromatic nitrogens is 1. The number of rotatable bonds is 23. The highest BCUT2D eigenvalue weighted by atomic mass is 32.1. The summed E-state index contributed by atoms with van der Waals surface area (Å²) in [5.74, 6) is 0.318. The Bertz CT molecular complexity index is 1670. The number of ether oxygens (including phenoxy) is 3. The Hall–Kier alpha value is -4.59. The topological polar surface area (TPSA) is 127 Å². The monoisotopic (exact) mass is 702 g/mol. The van der Waals surface area contributed by atoms with Crippen LogP contribution in [0, 0.1) is 0 Å². The first-order valence-electron chi connectivity index (χ1n) is 16.3. The van der Waals surface area contributed by atoms with Crippen LogP contribution >= 0.6 is 22.7 Å². The van der Waals surface area contributed by atoms with Crippen LogP contribution < -0.4 is 9.64 Å². The molecule has 0 aliphatic rings. The van der Waals surface area contributed by atoms with Gasteiger partial charge in [-0.05, 0) is 80.4 Å². The van der Waals surface area contributed by atoms with Crippen molar-refractivity contribution in [2.45, 2.75) is 45.4 Å². The molecule has 0 atom stereocenters. The molecule has 13 heteroatoms. The van der Waals surface area contributed by atoms with Crippen molar-refractivity contribution >= 4 is 71.2 Å². The molecule has 258 valence electrons. The molecular weight excluding hydrogens is 661 g/mol. The molecule has 2 aromatic carbocycles. The van der Waals surface area contributed by atoms with E-state index in [2.05, 4.69) is 43.5 Å². The zero-order valence-electron chi connectivity index (χ0n) is 27.8. The minimum Gasteiger partial charge on any atom is -0.494 e. The molecule has 0 bridgehead atoms. The zero-order chi connectivity index (χ0) is 34.7. The summed E-state index contributed by atoms with van der Waals surface area (Å²) in [7, 11) is 0. The summed E-state index contributed by atoms with van der Waals surface area (Å²) in [6.07, 6.45) is 8.95. The fourth-order valence-electron chi connectivity index (χ4n) is 4.57. The SMILES string of the molecule is C=CC(=O)COCCCCCCCCOc1ccc(N=Nc2cc3sc(N=Nc4ccc(N(CC)CCOC(=O)C=C)cc4)nc3s2)cc1. The number of esters is 1. The zero-order valence-corrected chi connectivity index (χ0v) is 29.4. The molecule has 4 rings (SSSR count). The van der Waals surface area contributed by atoms with Crippen LogP contribution in [0.3, 0.4) is 0 Å². The van der Waals surface area contributed by atoms with Gasteiger partial charge in [0.25, 0.3) is 0 Å². The Kier molecular flexibility index (Phi) is 15.7. The lowest BCUT2D eigenvalue weighted by Crippen LogP contribution is -2.27. The molecule has 0 saturated carbocycles. The number of carbonyl (C=O) groups excluding carboxylic acids is 2. The van der Waals surface area contributed by atoms with Gasteiger partial charge in [-0.2, -0.15) is 0 Å². The van der Waals surface area contributed by atoms with Gasteiger partial charge < -0.3 is 19.1 Å². The number of benzene rings is 2. The van der Waals surface area contributed by atoms with Crippen molar-refractivity contribution in [3.8, 4) is 5.75 Å². The highest BCUT2D eigenvalue weighted by Crippen LogP contribution is 2.39. The number of likely N-dealkylation sites (N-methyl/N-ethyl adjacent to an activating group) is 1. The Labute approximate surface area is 295 Å². The predicted octanol–water partition coefficient (Wildman–Crippen LogP) is 10.2. The van der Waals surface area contributed by atoms with Gasteiger partial charge in [0.2, 0.25) is 5.13 Å². The summed E-state index contributed by atoms with van der Waals surface area (Å²) < 4.78 is 17.3. The number of ketones is 1. The van der Waals surface area contributed by atoms with Crippen LogP contribution in [0.15, 0.2) is 100 Å². The molecule has 2 heterocycles. The van der Waals surface area contributed by atoms with Crippen molar-refractivity contribution in [1.29, 1.82) is 0 Å². The summed E-state index contributed by atoms with van der Waals surface area (Å²) >= 11 is 2.90. The summed E-state index contributed by atoms with van der Waals surface area (Å²) in [5, 5.41) is 18.8. The molecule has 11 nitrogen and oxygen atoms in total. The van der Waals surface area contributed by atoms with Gasteiger partial charge in [0, 0.05) is 24.9 Å². The molecule has 0 aliphatic heterocycles. The lowest BCUT2D eigenvalue weighted by Gasteiger charge is -2.22. The maximum atomic E-state index is 11.3. The van der Waals surface area contributed by atoms with Gasteiger partial charge in [0.05, 0.1) is 29.2 Å². The van der Waals surface area contributed by atoms with E-state index in [4.69, 9.17) is 14.2 Å². The summed E-state index contributed by atoms with van der Waals surface area (Å²) in [5.41, 5.74) is 2.46. The average molecular weight is 703 g/mol. The number of unbranched alkanes of at least 4 members (excludes halogenated alkanes) is 5. The summed E-state index contributed by atoms with van der Waals surface area (Å²) in [6.45, 7) is 12.0. The quantitative estimate of drug-likeness (QED) is 0.0326. The third kappa shape index (κ3) is 13.1. The average Bonchev–Trinajstić information content (AvgIpc) is 3.70. The van der Waals surface area contributed by atoms with Crippen LogP contribution in [0.2, 0.25) is 0 Å². The highest BCUT2D eigenvalue weighted by molar-refractivity contribution is 7.30. The first-order chi connectivity index (χ1) is 24.0. The molecule has 2 aromatic heterocycles. The summed E-state index contributed by atoms with van der Waals surface area (Å²) in [4.78, 5) is 29.9. The van der Waals surface area contributed by atoms with Crippen LogP contribution in [0.4, 0.5) is 27.2 Å². The van der Waals surface area contributed by atoms with Crippen molar-refractivity contribution in [3.05, 3.63) is 79.9 Å². The van der Waals surface area contributed by atoms with Crippen molar-refractivity contribution in [1.82, 2.24) is 4.98 Å². The smallest absolute Gasteiger partial charge is 0.330 e. The van der Waals surface area contributed by atoms with Crippen LogP contribution in [-0.4, -0.2) is 56.3 Å². The number of hydrogen-bond acceptors (Lipinski definition) is 13. The van der Waals surface area contributed by atoms with Crippen LogP contribution in [0.25, 0.3) is 9.53 Å². The normalized spacial score (nSPS) is 11.4. The van der Waals surface area contributed by atoms with Gasteiger partial charge in [-0.15, -0.1) is 20.5 Å². The van der Waals surface area contributed by atoms with Gasteiger partial charge in [0.1, 0.15) is 28.8 Å². The van der Waals surface area contributed by atoms with Gasteiger partial charge in [0.15, 0.2) is 5.78 Å². The number of azo groups is 2. The van der Waals surface area contributed by atoms with Gasteiger partial charge in [-0.1, -0.05) is 61.5 Å². The van der Waals surface area contributed by atoms with E-state index < -0.39 is 5.97 Å². The Morgan fingerprint density at radius 3 is 2.16 bits per heavy atom. The van der Waals surface area contributed by atoms with E-state index in [-0.39, 0.29) is 19.0 Å². The molecule has 0 N–H and O–H groups in total. The van der Waals surface area contributed by atoms with Crippen molar-refractivity contribution < 1.29 is 23.8 Å². The second-order valence-corrected chi connectivity index (χ2v) is 12.8. The minimum absolute atomic E-state index is 0.0733. The molecule has 4 aromatic rings. The van der Waals surface area contributed by atoms with Crippen LogP contribution in [-0.2, 0) is 19.1 Å². The first kappa shape index (κ1) is 37.2. The number of nitrogens with zero attached hydrogens (tertiary/aromatic N) is 6. The fraction of sp³-hybridized carbons (Fsp3) is 0.361. The Morgan fingerprint density at radius 1 is 0.816 bits per heavy atom. The number of fused-ring (bicyclic) bond motifs is 1. The van der Waals surface area contributed by atoms with E-state index in [9.17, 15) is 9.59 Å². The molecular formula is C36H42N6O5S2. The van der Waals surface area contributed by atoms with Crippen LogP contribution in [0.1, 0.15) is 45.4 Å². The maximum Gasteiger partial charge on any atom is 0.330 e. The largest absolute Gasteiger partial charge is 0.494 e. The molecule has 0 saturated heterocycles. The lowest BCUT2D eigenvalue weighted by atomic mass is 10.1. The third-order valence-electron chi connectivity index (χ3n) is 7.21. The molecule has 49 heavy (non-hydrogen) atoms. The fourth-order valence-corrected chi connectivity index (χ4v) is 6.42. The number of carbonyl (C=O) groups is 2. The lowest BCUT2D eigenvalue weighted by molar-refractivity contribution is -0.137. The number of thiazole rings is 1. The van der Waals surface area contributed by atoms with Crippen molar-refractivity contribution in [2.24, 2.45) is 20.5 Å². The van der Waals surface area contributed by atoms with Crippen molar-refractivity contribution in [3.63, 3.8) is 0 Å². The van der Waals surface area contributed by atoms with Gasteiger partial charge >= 0.3 is 5.97 Å². The van der Waals surface area contributed by atoms with Crippen molar-refractivity contribution in [2.75, 3.05) is 44.4 Å². The maximum absolute atomic E-state index is 11.3. The second-order valence-electron chi connectivity index (χ2n) is 10.8. The standard InChI is InChI=1S/C36H42N6O5S2/c1-4-30(43)26-45-22-11-9-7-8-10-12-23-46-31-19-15-28(16-20-31)38-40-33-25-32-35(49-33)37-36(48-32)41-39-27-13-17-29(18-14-27)42(6-3)21-24-47-34(44)5-2/h4-5,13-20,25H,1-2,6-12,21-24,26H2,3H3.